The third-order valence-electron chi connectivity index (χ3n) is 4.36. The lowest BCUT2D eigenvalue weighted by molar-refractivity contribution is 0.0687. The predicted molar refractivity (Wildman–Crippen MR) is 101 cm³/mol. The average Bonchev–Trinajstić information content (AvgIpc) is 3.03. The highest BCUT2D eigenvalue weighted by atomic mass is 16.5. The maximum absolute atomic E-state index is 13.1. The van der Waals surface area contributed by atoms with Gasteiger partial charge in [-0.3, -0.25) is 9.59 Å². The first-order valence-electron chi connectivity index (χ1n) is 8.70. The molecule has 0 aliphatic carbocycles. The van der Waals surface area contributed by atoms with E-state index in [4.69, 9.17) is 4.74 Å². The van der Waals surface area contributed by atoms with Crippen LogP contribution in [0.3, 0.4) is 0 Å². The lowest BCUT2D eigenvalue weighted by atomic mass is 10.1. The number of hydrogen-bond acceptors (Lipinski definition) is 4. The van der Waals surface area contributed by atoms with Gasteiger partial charge in [0.2, 0.25) is 0 Å². The summed E-state index contributed by atoms with van der Waals surface area (Å²) in [6.07, 6.45) is 0.513. The molecule has 1 aromatic carbocycles. The molecular weight excluding hydrogens is 348 g/mol. The van der Waals surface area contributed by atoms with Gasteiger partial charge in [-0.2, -0.15) is 0 Å². The van der Waals surface area contributed by atoms with Crippen molar-refractivity contribution in [1.29, 1.82) is 0 Å². The van der Waals surface area contributed by atoms with Crippen molar-refractivity contribution in [2.24, 2.45) is 0 Å². The Hall–Kier alpha value is -3.35. The molecule has 7 nitrogen and oxygen atoms in total. The normalized spacial score (nSPS) is 10.9. The third-order valence-corrected chi connectivity index (χ3v) is 4.36. The monoisotopic (exact) mass is 368 g/mol. The number of aryl methyl sites for hydroxylation is 1. The number of hydrogen-bond donors (Lipinski definition) is 2. The number of rotatable bonds is 7. The van der Waals surface area contributed by atoms with Crippen molar-refractivity contribution < 1.29 is 19.4 Å². The molecule has 0 fully saturated rings. The van der Waals surface area contributed by atoms with E-state index >= 15 is 0 Å². The molecule has 2 aromatic heterocycles. The molecule has 0 unspecified atom stereocenters. The molecular formula is C20H20N2O5. The van der Waals surface area contributed by atoms with E-state index < -0.39 is 11.5 Å². The summed E-state index contributed by atoms with van der Waals surface area (Å²) in [4.78, 5) is 40.0. The number of pyridine rings is 1. The fourth-order valence-electron chi connectivity index (χ4n) is 3.10. The van der Waals surface area contributed by atoms with Crippen LogP contribution in [0, 0.1) is 0 Å². The SMILES string of the molecule is CCOc1c(C(=O)O)[nH]c2cc(CC)n(CC(=O)c3ccccc3)c(=O)c12. The number of H-pyrrole nitrogens is 1. The molecule has 0 aliphatic rings. The van der Waals surface area contributed by atoms with Crippen LogP contribution in [0.5, 0.6) is 5.75 Å². The van der Waals surface area contributed by atoms with Crippen LogP contribution in [0.25, 0.3) is 10.9 Å². The number of fused-ring (bicyclic) bond motifs is 1. The van der Waals surface area contributed by atoms with Gasteiger partial charge in [-0.1, -0.05) is 37.3 Å². The van der Waals surface area contributed by atoms with E-state index in [0.717, 1.165) is 0 Å². The maximum Gasteiger partial charge on any atom is 0.356 e. The number of carbonyl (C=O) groups excluding carboxylic acids is 1. The Kier molecular flexibility index (Phi) is 5.12. The quantitative estimate of drug-likeness (QED) is 0.625. The van der Waals surface area contributed by atoms with Crippen molar-refractivity contribution in [2.45, 2.75) is 26.8 Å². The maximum atomic E-state index is 13.1. The number of aromatic nitrogens is 2. The standard InChI is InChI=1S/C20H20N2O5/c1-3-13-10-14-16(18(27-4-2)17(21-14)20(25)26)19(24)22(13)11-15(23)12-8-6-5-7-9-12/h5-10,21H,3-4,11H2,1-2H3,(H,25,26). The van der Waals surface area contributed by atoms with Crippen molar-refractivity contribution in [2.75, 3.05) is 6.61 Å². The fourth-order valence-corrected chi connectivity index (χ4v) is 3.10. The molecule has 0 radical (unpaired) electrons. The summed E-state index contributed by atoms with van der Waals surface area (Å²) in [5.74, 6) is -1.40. The van der Waals surface area contributed by atoms with Crippen molar-refractivity contribution in [1.82, 2.24) is 9.55 Å². The number of benzene rings is 1. The number of ketones is 1. The minimum atomic E-state index is -1.21. The molecule has 2 heterocycles. The number of aromatic amines is 1. The highest BCUT2D eigenvalue weighted by Crippen LogP contribution is 2.28. The molecule has 27 heavy (non-hydrogen) atoms. The van der Waals surface area contributed by atoms with Gasteiger partial charge in [-0.25, -0.2) is 4.79 Å². The van der Waals surface area contributed by atoms with E-state index in [1.54, 1.807) is 37.3 Å². The molecule has 0 saturated carbocycles. The molecule has 3 aromatic rings. The lowest BCUT2D eigenvalue weighted by Crippen LogP contribution is -2.27. The first kappa shape index (κ1) is 18.4. The molecule has 3 rings (SSSR count). The summed E-state index contributed by atoms with van der Waals surface area (Å²) in [5, 5.41) is 9.55. The predicted octanol–water partition coefficient (Wildman–Crippen LogP) is 2.87. The van der Waals surface area contributed by atoms with Gasteiger partial charge < -0.3 is 19.4 Å². The van der Waals surface area contributed by atoms with E-state index in [9.17, 15) is 19.5 Å². The summed E-state index contributed by atoms with van der Waals surface area (Å²) < 4.78 is 6.83. The van der Waals surface area contributed by atoms with Crippen LogP contribution in [0.1, 0.15) is 40.4 Å². The Bertz CT molecular complexity index is 1060. The Labute approximate surface area is 155 Å². The second kappa shape index (κ2) is 7.49. The first-order chi connectivity index (χ1) is 13.0. The van der Waals surface area contributed by atoms with Crippen molar-refractivity contribution in [3.63, 3.8) is 0 Å². The molecule has 7 heteroatoms. The number of Topliss-reactive ketones (excluding diaryl/α,β-unsaturated/α-hetero) is 1. The van der Waals surface area contributed by atoms with E-state index in [-0.39, 0.29) is 35.8 Å². The second-order valence-corrected chi connectivity index (χ2v) is 6.03. The van der Waals surface area contributed by atoms with Gasteiger partial charge in [0.15, 0.2) is 17.2 Å². The zero-order valence-electron chi connectivity index (χ0n) is 15.1. The molecule has 0 atom stereocenters. The molecule has 0 saturated heterocycles. The van der Waals surface area contributed by atoms with Crippen LogP contribution in [0.15, 0.2) is 41.2 Å². The number of aromatic carboxylic acids is 1. The van der Waals surface area contributed by atoms with E-state index in [1.807, 2.05) is 13.0 Å². The summed E-state index contributed by atoms with van der Waals surface area (Å²) in [7, 11) is 0. The zero-order chi connectivity index (χ0) is 19.6. The smallest absolute Gasteiger partial charge is 0.356 e. The molecule has 0 amide bonds. The number of nitrogens with zero attached hydrogens (tertiary/aromatic N) is 1. The summed E-state index contributed by atoms with van der Waals surface area (Å²) in [6, 6.07) is 10.4. The van der Waals surface area contributed by atoms with Gasteiger partial charge in [0.05, 0.1) is 18.7 Å². The Balaban J connectivity index is 2.19. The molecule has 0 spiro atoms. The third kappa shape index (κ3) is 3.36. The largest absolute Gasteiger partial charge is 0.490 e. The van der Waals surface area contributed by atoms with Crippen LogP contribution in [0.4, 0.5) is 0 Å². The Morgan fingerprint density at radius 2 is 1.89 bits per heavy atom. The van der Waals surface area contributed by atoms with Gasteiger partial charge in [-0.05, 0) is 19.4 Å². The van der Waals surface area contributed by atoms with Crippen molar-refractivity contribution in [3.8, 4) is 5.75 Å². The molecule has 140 valence electrons. The summed E-state index contributed by atoms with van der Waals surface area (Å²) in [5.41, 5.74) is 0.926. The van der Waals surface area contributed by atoms with E-state index in [2.05, 4.69) is 4.98 Å². The molecule has 0 bridgehead atoms. The number of carboxylic acids is 1. The fraction of sp³-hybridized carbons (Fsp3) is 0.250. The average molecular weight is 368 g/mol. The minimum Gasteiger partial charge on any atom is -0.490 e. The summed E-state index contributed by atoms with van der Waals surface area (Å²) in [6.45, 7) is 3.67. The lowest BCUT2D eigenvalue weighted by Gasteiger charge is -2.12. The molecule has 0 aliphatic heterocycles. The highest BCUT2D eigenvalue weighted by Gasteiger charge is 2.23. The van der Waals surface area contributed by atoms with E-state index in [0.29, 0.717) is 23.2 Å². The van der Waals surface area contributed by atoms with Gasteiger partial charge >= 0.3 is 5.97 Å². The van der Waals surface area contributed by atoms with Crippen molar-refractivity contribution >= 4 is 22.7 Å². The number of nitrogens with one attached hydrogen (secondary N) is 1. The van der Waals surface area contributed by atoms with Crippen LogP contribution >= 0.6 is 0 Å². The topological polar surface area (TPSA) is 101 Å². The highest BCUT2D eigenvalue weighted by molar-refractivity contribution is 6.00. The minimum absolute atomic E-state index is 0.00793. The second-order valence-electron chi connectivity index (χ2n) is 6.03. The number of carboxylic acid groups (broad SMARTS) is 1. The van der Waals surface area contributed by atoms with Gasteiger partial charge in [0, 0.05) is 11.3 Å². The zero-order valence-corrected chi connectivity index (χ0v) is 15.1. The first-order valence-corrected chi connectivity index (χ1v) is 8.70. The van der Waals surface area contributed by atoms with Crippen molar-refractivity contribution in [3.05, 3.63) is 63.7 Å². The molecule has 2 N–H and O–H groups in total. The van der Waals surface area contributed by atoms with Crippen LogP contribution in [0.2, 0.25) is 0 Å². The van der Waals surface area contributed by atoms with Gasteiger partial charge in [-0.15, -0.1) is 0 Å². The summed E-state index contributed by atoms with van der Waals surface area (Å²) >= 11 is 0. The van der Waals surface area contributed by atoms with Crippen LogP contribution in [-0.4, -0.2) is 33.0 Å². The van der Waals surface area contributed by atoms with Gasteiger partial charge in [0.1, 0.15) is 5.39 Å². The van der Waals surface area contributed by atoms with Crippen LogP contribution < -0.4 is 10.3 Å². The Morgan fingerprint density at radius 3 is 2.48 bits per heavy atom. The number of carbonyl (C=O) groups is 2. The Morgan fingerprint density at radius 1 is 1.19 bits per heavy atom. The van der Waals surface area contributed by atoms with Crippen LogP contribution in [-0.2, 0) is 13.0 Å². The van der Waals surface area contributed by atoms with E-state index in [1.165, 1.54) is 4.57 Å². The van der Waals surface area contributed by atoms with Gasteiger partial charge in [0.25, 0.3) is 5.56 Å². The number of ether oxygens (including phenoxy) is 1.